The number of hydrogen-bond donors (Lipinski definition) is 1. The number of benzene rings is 1. The maximum Gasteiger partial charge on any atom is 0.303 e. The normalized spacial score (nSPS) is 32.1. The topological polar surface area (TPSA) is 126 Å². The van der Waals surface area contributed by atoms with Crippen LogP contribution in [0.15, 0.2) is 30.3 Å². The molecule has 162 valence electrons. The summed E-state index contributed by atoms with van der Waals surface area (Å²) in [4.78, 5) is 47.7. The molecule has 0 aromatic heterocycles. The Balaban J connectivity index is 1.94. The number of ether oxygens (including phenoxy) is 5. The predicted molar refractivity (Wildman–Crippen MR) is 98.7 cm³/mol. The second kappa shape index (κ2) is 8.41. The van der Waals surface area contributed by atoms with Crippen molar-refractivity contribution in [3.05, 3.63) is 35.9 Å². The summed E-state index contributed by atoms with van der Waals surface area (Å²) >= 11 is 0. The van der Waals surface area contributed by atoms with Crippen LogP contribution in [0.25, 0.3) is 0 Å². The van der Waals surface area contributed by atoms with E-state index in [1.54, 1.807) is 30.3 Å². The molecule has 2 heterocycles. The van der Waals surface area contributed by atoms with Crippen molar-refractivity contribution in [1.82, 2.24) is 5.32 Å². The van der Waals surface area contributed by atoms with Gasteiger partial charge < -0.3 is 29.0 Å². The molecule has 0 radical (unpaired) electrons. The smallest absolute Gasteiger partial charge is 0.303 e. The van der Waals surface area contributed by atoms with Gasteiger partial charge >= 0.3 is 17.9 Å². The molecule has 2 fully saturated rings. The van der Waals surface area contributed by atoms with Gasteiger partial charge in [0.15, 0.2) is 24.5 Å². The van der Waals surface area contributed by atoms with E-state index in [0.717, 1.165) is 0 Å². The van der Waals surface area contributed by atoms with Crippen LogP contribution in [0.3, 0.4) is 0 Å². The van der Waals surface area contributed by atoms with Gasteiger partial charge in [-0.15, -0.1) is 0 Å². The zero-order valence-electron chi connectivity index (χ0n) is 16.9. The summed E-state index contributed by atoms with van der Waals surface area (Å²) in [6, 6.07) is 8.41. The summed E-state index contributed by atoms with van der Waals surface area (Å²) in [6.07, 6.45) is -5.70. The highest BCUT2D eigenvalue weighted by Gasteiger charge is 2.66. The third-order valence-corrected chi connectivity index (χ3v) is 4.70. The maximum atomic E-state index is 12.6. The van der Waals surface area contributed by atoms with Gasteiger partial charge in [0.05, 0.1) is 0 Å². The first kappa shape index (κ1) is 21.7. The zero-order chi connectivity index (χ0) is 22.1. The van der Waals surface area contributed by atoms with E-state index in [1.165, 1.54) is 27.7 Å². The first-order valence-electron chi connectivity index (χ1n) is 9.34. The zero-order valence-corrected chi connectivity index (χ0v) is 16.9. The summed E-state index contributed by atoms with van der Waals surface area (Å²) < 4.78 is 27.8. The lowest BCUT2D eigenvalue weighted by Crippen LogP contribution is -2.63. The third-order valence-electron chi connectivity index (χ3n) is 4.70. The highest BCUT2D eigenvalue weighted by Crippen LogP contribution is 2.43. The Labute approximate surface area is 172 Å². The number of carbonyl (C=O) groups is 4. The Morgan fingerprint density at radius 2 is 1.43 bits per heavy atom. The number of esters is 3. The van der Waals surface area contributed by atoms with Crippen LogP contribution < -0.4 is 5.32 Å². The molecule has 2 aliphatic heterocycles. The number of rotatable bonds is 5. The van der Waals surface area contributed by atoms with Gasteiger partial charge in [-0.3, -0.25) is 19.2 Å². The number of nitrogens with one attached hydrogen (secondary N) is 1. The fraction of sp³-hybridized carbons (Fsp3) is 0.500. The van der Waals surface area contributed by atoms with Crippen LogP contribution in [0.2, 0.25) is 0 Å². The minimum absolute atomic E-state index is 0.379. The van der Waals surface area contributed by atoms with E-state index >= 15 is 0 Å². The van der Waals surface area contributed by atoms with Crippen LogP contribution in [0.4, 0.5) is 0 Å². The number of amides is 1. The molecular weight excluding hydrogens is 398 g/mol. The Morgan fingerprint density at radius 1 is 0.867 bits per heavy atom. The lowest BCUT2D eigenvalue weighted by Gasteiger charge is -2.43. The average molecular weight is 421 g/mol. The van der Waals surface area contributed by atoms with E-state index in [0.29, 0.717) is 5.56 Å². The summed E-state index contributed by atoms with van der Waals surface area (Å²) in [5.41, 5.74) is 0.379. The predicted octanol–water partition coefficient (Wildman–Crippen LogP) is 0.683. The highest BCUT2D eigenvalue weighted by molar-refractivity contribution is 5.94. The molecule has 1 aromatic carbocycles. The number of fused-ring (bicyclic) bond motifs is 2. The van der Waals surface area contributed by atoms with Crippen LogP contribution >= 0.6 is 0 Å². The Morgan fingerprint density at radius 3 is 2.00 bits per heavy atom. The molecular formula is C20H23NO9. The molecule has 1 amide bonds. The van der Waals surface area contributed by atoms with Crippen molar-refractivity contribution in [3.8, 4) is 0 Å². The summed E-state index contributed by atoms with van der Waals surface area (Å²) in [5, 5.41) is 2.68. The number of hydrogen-bond acceptors (Lipinski definition) is 9. The molecule has 0 saturated carbocycles. The fourth-order valence-electron chi connectivity index (χ4n) is 3.62. The van der Waals surface area contributed by atoms with Crippen LogP contribution in [-0.2, 0) is 38.1 Å². The van der Waals surface area contributed by atoms with Gasteiger partial charge in [-0.2, -0.15) is 0 Å². The van der Waals surface area contributed by atoms with Crippen LogP contribution in [0.1, 0.15) is 38.1 Å². The maximum absolute atomic E-state index is 12.6. The van der Waals surface area contributed by atoms with Crippen molar-refractivity contribution < 1.29 is 42.9 Å². The van der Waals surface area contributed by atoms with Gasteiger partial charge in [-0.05, 0) is 19.1 Å². The van der Waals surface area contributed by atoms with Crippen molar-refractivity contribution in [2.24, 2.45) is 0 Å². The van der Waals surface area contributed by atoms with Crippen LogP contribution in [0, 0.1) is 0 Å². The molecule has 1 aromatic rings. The second-order valence-electron chi connectivity index (χ2n) is 7.15. The first-order valence-corrected chi connectivity index (χ1v) is 9.34. The van der Waals surface area contributed by atoms with Crippen molar-refractivity contribution >= 4 is 23.8 Å². The standard InChI is InChI=1S/C20H23NO9/c1-10(22)26-14-15(27-11(2)23)17(28-12(3)24)20(4)29-16(14)19(30-20)21-18(25)13-8-6-5-7-9-13/h5-9,14-17,19H,1-4H3,(H,21,25)/t14-,15-,16+,17-,19-,20+/m0/s1. The molecule has 0 unspecified atom stereocenters. The van der Waals surface area contributed by atoms with Crippen molar-refractivity contribution in [2.45, 2.75) is 64.1 Å². The fourth-order valence-corrected chi connectivity index (χ4v) is 3.62. The Kier molecular flexibility index (Phi) is 6.09. The van der Waals surface area contributed by atoms with Gasteiger partial charge in [0.2, 0.25) is 5.79 Å². The van der Waals surface area contributed by atoms with Crippen molar-refractivity contribution in [1.29, 1.82) is 0 Å². The summed E-state index contributed by atoms with van der Waals surface area (Å²) in [6.45, 7) is 5.01. The third kappa shape index (κ3) is 4.44. The molecule has 30 heavy (non-hydrogen) atoms. The lowest BCUT2D eigenvalue weighted by atomic mass is 9.94. The molecule has 2 aliphatic rings. The van der Waals surface area contributed by atoms with E-state index < -0.39 is 60.2 Å². The van der Waals surface area contributed by atoms with Gasteiger partial charge in [0.25, 0.3) is 5.91 Å². The lowest BCUT2D eigenvalue weighted by molar-refractivity contribution is -0.295. The molecule has 1 N–H and O–H groups in total. The molecule has 0 aliphatic carbocycles. The molecule has 2 bridgehead atoms. The van der Waals surface area contributed by atoms with Gasteiger partial charge in [-0.25, -0.2) is 0 Å². The minimum Gasteiger partial charge on any atom is -0.455 e. The van der Waals surface area contributed by atoms with Crippen molar-refractivity contribution in [2.75, 3.05) is 0 Å². The SMILES string of the molecule is CC(=O)O[C@@H]1[C@H]2O[C@](C)(O[C@@H]2NC(=O)c2ccccc2)[C@@H](OC(C)=O)[C@H]1OC(C)=O. The quantitative estimate of drug-likeness (QED) is 0.539. The first-order chi connectivity index (χ1) is 14.1. The van der Waals surface area contributed by atoms with Gasteiger partial charge in [0.1, 0.15) is 6.10 Å². The van der Waals surface area contributed by atoms with E-state index in [4.69, 9.17) is 23.7 Å². The van der Waals surface area contributed by atoms with E-state index in [2.05, 4.69) is 5.32 Å². The number of carbonyl (C=O) groups excluding carboxylic acids is 4. The Hall–Kier alpha value is -2.98. The molecule has 2 saturated heterocycles. The van der Waals surface area contributed by atoms with Crippen LogP contribution in [-0.4, -0.2) is 60.2 Å². The molecule has 0 spiro atoms. The highest BCUT2D eigenvalue weighted by atomic mass is 16.8. The van der Waals surface area contributed by atoms with E-state index in [9.17, 15) is 19.2 Å². The summed E-state index contributed by atoms with van der Waals surface area (Å²) in [5.74, 6) is -4.03. The summed E-state index contributed by atoms with van der Waals surface area (Å²) in [7, 11) is 0. The molecule has 3 rings (SSSR count). The second-order valence-corrected chi connectivity index (χ2v) is 7.15. The van der Waals surface area contributed by atoms with E-state index in [-0.39, 0.29) is 0 Å². The molecule has 10 nitrogen and oxygen atoms in total. The van der Waals surface area contributed by atoms with Crippen molar-refractivity contribution in [3.63, 3.8) is 0 Å². The Bertz CT molecular complexity index is 842. The van der Waals surface area contributed by atoms with Gasteiger partial charge in [-0.1, -0.05) is 18.2 Å². The minimum atomic E-state index is -1.55. The largest absolute Gasteiger partial charge is 0.455 e. The average Bonchev–Trinajstić information content (AvgIpc) is 2.96. The van der Waals surface area contributed by atoms with Crippen LogP contribution in [0.5, 0.6) is 0 Å². The van der Waals surface area contributed by atoms with E-state index in [1.807, 2.05) is 0 Å². The van der Waals surface area contributed by atoms with Gasteiger partial charge in [0, 0.05) is 26.3 Å². The monoisotopic (exact) mass is 421 g/mol. The molecule has 6 atom stereocenters. The molecule has 10 heteroatoms.